The van der Waals surface area contributed by atoms with Gasteiger partial charge in [-0.1, -0.05) is 19.8 Å². The van der Waals surface area contributed by atoms with E-state index in [1.54, 1.807) is 0 Å². The first kappa shape index (κ1) is 23.2. The van der Waals surface area contributed by atoms with E-state index in [9.17, 15) is 15.3 Å². The Bertz CT molecular complexity index is 299. The van der Waals surface area contributed by atoms with Gasteiger partial charge >= 0.3 is 0 Å². The Kier molecular flexibility index (Phi) is 11.1. The molecule has 7 heteroatoms. The number of hydrogen-bond donors (Lipinski definition) is 3. The van der Waals surface area contributed by atoms with Gasteiger partial charge in [0.2, 0.25) is 0 Å². The minimum Gasteiger partial charge on any atom is -0.455 e. The first-order valence-electron chi connectivity index (χ1n) is 8.76. The molecule has 23 heavy (non-hydrogen) atoms. The van der Waals surface area contributed by atoms with Crippen molar-refractivity contribution < 1.29 is 24.2 Å². The van der Waals surface area contributed by atoms with E-state index in [4.69, 9.17) is 8.85 Å². The molecule has 0 atom stereocenters. The molecule has 5 nitrogen and oxygen atoms in total. The van der Waals surface area contributed by atoms with E-state index in [0.29, 0.717) is 6.61 Å². The molecule has 0 aliphatic carbocycles. The average molecular weight is 367 g/mol. The van der Waals surface area contributed by atoms with Gasteiger partial charge in [-0.25, -0.2) is 0 Å². The lowest BCUT2D eigenvalue weighted by molar-refractivity contribution is -0.0576. The fourth-order valence-electron chi connectivity index (χ4n) is 2.63. The normalized spacial score (nSPS) is 13.6. The van der Waals surface area contributed by atoms with Gasteiger partial charge in [-0.15, -0.1) is 0 Å². The van der Waals surface area contributed by atoms with E-state index >= 15 is 0 Å². The first-order chi connectivity index (χ1) is 10.7. The zero-order valence-electron chi connectivity index (χ0n) is 15.7. The highest BCUT2D eigenvalue weighted by atomic mass is 28.4. The van der Waals surface area contributed by atoms with Crippen molar-refractivity contribution in [2.45, 2.75) is 64.5 Å². The number of unbranched alkanes of at least 4 members (excludes halogenated alkanes) is 1. The van der Waals surface area contributed by atoms with Crippen molar-refractivity contribution in [3.8, 4) is 0 Å². The second-order valence-electron chi connectivity index (χ2n) is 7.86. The van der Waals surface area contributed by atoms with E-state index in [-0.39, 0.29) is 26.4 Å². The lowest BCUT2D eigenvalue weighted by atomic mass is 9.93. The van der Waals surface area contributed by atoms with Crippen molar-refractivity contribution in [2.75, 3.05) is 33.0 Å². The van der Waals surface area contributed by atoms with Crippen molar-refractivity contribution in [3.05, 3.63) is 0 Å². The van der Waals surface area contributed by atoms with Crippen molar-refractivity contribution in [1.82, 2.24) is 0 Å². The molecule has 0 bridgehead atoms. The summed E-state index contributed by atoms with van der Waals surface area (Å²) in [4.78, 5) is 0. The molecule has 0 spiro atoms. The van der Waals surface area contributed by atoms with Crippen LogP contribution in [0.4, 0.5) is 0 Å². The number of hydrogen-bond acceptors (Lipinski definition) is 5. The third kappa shape index (κ3) is 9.96. The first-order valence-corrected chi connectivity index (χ1v) is 15.0. The van der Waals surface area contributed by atoms with Crippen LogP contribution in [0.3, 0.4) is 0 Å². The van der Waals surface area contributed by atoms with Gasteiger partial charge in [-0.2, -0.15) is 0 Å². The van der Waals surface area contributed by atoms with Gasteiger partial charge < -0.3 is 24.2 Å². The van der Waals surface area contributed by atoms with E-state index in [2.05, 4.69) is 33.1 Å². The lowest BCUT2D eigenvalue weighted by Crippen LogP contribution is -2.44. The molecule has 0 aromatic carbocycles. The molecule has 0 heterocycles. The molecule has 0 amide bonds. The number of aliphatic hydroxyl groups excluding tert-OH is 3. The second kappa shape index (κ2) is 11.0. The standard InChI is InChI=1S/C16H38O5Si2/c1-6-7-10-22(2,3)21-23(4,5)11-8-9-20-15-16(12-17,13-18)14-19/h17-19H,6-15H2,1-5H3. The molecule has 140 valence electrons. The third-order valence-electron chi connectivity index (χ3n) is 4.17. The Labute approximate surface area is 144 Å². The molecule has 0 saturated heterocycles. The van der Waals surface area contributed by atoms with Gasteiger partial charge in [0.15, 0.2) is 16.6 Å². The molecule has 0 aliphatic rings. The molecule has 0 aliphatic heterocycles. The minimum absolute atomic E-state index is 0.177. The topological polar surface area (TPSA) is 79.2 Å². The molecule has 0 aromatic rings. The Morgan fingerprint density at radius 1 is 0.826 bits per heavy atom. The predicted molar refractivity (Wildman–Crippen MR) is 99.7 cm³/mol. The summed E-state index contributed by atoms with van der Waals surface area (Å²) in [6, 6.07) is 2.27. The van der Waals surface area contributed by atoms with E-state index < -0.39 is 22.0 Å². The van der Waals surface area contributed by atoms with Gasteiger partial charge in [0.05, 0.1) is 31.8 Å². The highest BCUT2D eigenvalue weighted by Crippen LogP contribution is 2.24. The monoisotopic (exact) mass is 366 g/mol. The maximum absolute atomic E-state index is 9.25. The van der Waals surface area contributed by atoms with Crippen molar-refractivity contribution in [2.24, 2.45) is 5.41 Å². The summed E-state index contributed by atoms with van der Waals surface area (Å²) >= 11 is 0. The summed E-state index contributed by atoms with van der Waals surface area (Å²) in [6.07, 6.45) is 3.38. The Hall–Kier alpha value is 0.234. The highest BCUT2D eigenvalue weighted by molar-refractivity contribution is 6.84. The molecule has 3 N–H and O–H groups in total. The van der Waals surface area contributed by atoms with Crippen molar-refractivity contribution >= 4 is 16.6 Å². The van der Waals surface area contributed by atoms with Gasteiger partial charge in [-0.3, -0.25) is 0 Å². The SMILES string of the molecule is CCCC[Si](C)(C)O[Si](C)(C)CCCOCC(CO)(CO)CO. The van der Waals surface area contributed by atoms with E-state index in [0.717, 1.165) is 12.5 Å². The fourth-order valence-corrected chi connectivity index (χ4v) is 11.6. The zero-order chi connectivity index (χ0) is 18.0. The van der Waals surface area contributed by atoms with Crippen LogP contribution in [0.1, 0.15) is 26.2 Å². The molecular weight excluding hydrogens is 328 g/mol. The molecule has 0 unspecified atom stereocenters. The summed E-state index contributed by atoms with van der Waals surface area (Å²) in [6.45, 7) is 11.3. The Balaban J connectivity index is 4.11. The Morgan fingerprint density at radius 3 is 1.74 bits per heavy atom. The average Bonchev–Trinajstić information content (AvgIpc) is 2.48. The van der Waals surface area contributed by atoms with Crippen molar-refractivity contribution in [3.63, 3.8) is 0 Å². The van der Waals surface area contributed by atoms with Gasteiger partial charge in [0, 0.05) is 6.61 Å². The zero-order valence-corrected chi connectivity index (χ0v) is 17.7. The van der Waals surface area contributed by atoms with Crippen LogP contribution >= 0.6 is 0 Å². The highest BCUT2D eigenvalue weighted by Gasteiger charge is 2.32. The molecule has 0 rings (SSSR count). The second-order valence-corrected chi connectivity index (χ2v) is 16.7. The Morgan fingerprint density at radius 2 is 1.30 bits per heavy atom. The van der Waals surface area contributed by atoms with Crippen LogP contribution in [0.15, 0.2) is 0 Å². The van der Waals surface area contributed by atoms with Crippen LogP contribution in [0.25, 0.3) is 0 Å². The predicted octanol–water partition coefficient (Wildman–Crippen LogP) is 2.58. The lowest BCUT2D eigenvalue weighted by Gasteiger charge is -2.34. The van der Waals surface area contributed by atoms with E-state index in [1.165, 1.54) is 18.9 Å². The van der Waals surface area contributed by atoms with Gasteiger partial charge in [-0.05, 0) is 44.7 Å². The summed E-state index contributed by atoms with van der Waals surface area (Å²) in [5.41, 5.74) is -0.932. The molecule has 0 saturated carbocycles. The van der Waals surface area contributed by atoms with Crippen LogP contribution in [0, 0.1) is 5.41 Å². The van der Waals surface area contributed by atoms with Crippen LogP contribution in [-0.2, 0) is 8.85 Å². The van der Waals surface area contributed by atoms with Crippen LogP contribution in [-0.4, -0.2) is 65.0 Å². The largest absolute Gasteiger partial charge is 0.455 e. The van der Waals surface area contributed by atoms with Crippen LogP contribution in [0.5, 0.6) is 0 Å². The van der Waals surface area contributed by atoms with Gasteiger partial charge in [0.1, 0.15) is 0 Å². The van der Waals surface area contributed by atoms with Crippen molar-refractivity contribution in [1.29, 1.82) is 0 Å². The summed E-state index contributed by atoms with van der Waals surface area (Å²) in [7, 11) is -3.23. The molecule has 0 aromatic heterocycles. The van der Waals surface area contributed by atoms with Crippen LogP contribution in [0.2, 0.25) is 38.3 Å². The smallest absolute Gasteiger partial charge is 0.173 e. The fraction of sp³-hybridized carbons (Fsp3) is 1.00. The summed E-state index contributed by atoms with van der Waals surface area (Å²) < 4.78 is 12.1. The van der Waals surface area contributed by atoms with Gasteiger partial charge in [0.25, 0.3) is 0 Å². The number of aliphatic hydroxyl groups is 3. The summed E-state index contributed by atoms with van der Waals surface area (Å²) in [5.74, 6) is 0. The number of rotatable bonds is 14. The van der Waals surface area contributed by atoms with Crippen LogP contribution < -0.4 is 0 Å². The molecule has 0 radical (unpaired) electrons. The maximum Gasteiger partial charge on any atom is 0.173 e. The van der Waals surface area contributed by atoms with E-state index in [1.807, 2.05) is 0 Å². The molecular formula is C16H38O5Si2. The molecule has 0 fully saturated rings. The minimum atomic E-state index is -1.68. The summed E-state index contributed by atoms with van der Waals surface area (Å²) in [5, 5.41) is 27.8. The quantitative estimate of drug-likeness (QED) is 0.325. The number of ether oxygens (including phenoxy) is 1. The maximum atomic E-state index is 9.25. The third-order valence-corrected chi connectivity index (χ3v) is 11.7.